The van der Waals surface area contributed by atoms with Crippen molar-refractivity contribution in [2.24, 2.45) is 0 Å². The van der Waals surface area contributed by atoms with E-state index in [1.54, 1.807) is 50.4 Å². The maximum absolute atomic E-state index is 16.4. The van der Waals surface area contributed by atoms with Gasteiger partial charge in [0.25, 0.3) is 5.91 Å². The van der Waals surface area contributed by atoms with Crippen molar-refractivity contribution in [1.29, 1.82) is 0 Å². The molecule has 11 nitrogen and oxygen atoms in total. The second-order valence-electron chi connectivity index (χ2n) is 12.0. The van der Waals surface area contributed by atoms with Gasteiger partial charge in [-0.1, -0.05) is 24.3 Å². The van der Waals surface area contributed by atoms with Crippen LogP contribution in [0.15, 0.2) is 54.2 Å². The first-order chi connectivity index (χ1) is 22.1. The summed E-state index contributed by atoms with van der Waals surface area (Å²) in [6, 6.07) is 11.9. The summed E-state index contributed by atoms with van der Waals surface area (Å²) in [5, 5.41) is 19.9. The molecule has 1 aliphatic carbocycles. The van der Waals surface area contributed by atoms with E-state index in [-0.39, 0.29) is 23.6 Å². The summed E-state index contributed by atoms with van der Waals surface area (Å²) in [6.45, 7) is 2.44. The number of urea groups is 1. The highest BCUT2D eigenvalue weighted by Gasteiger charge is 2.33. The number of aliphatic hydroxyl groups excluding tert-OH is 1. The van der Waals surface area contributed by atoms with Gasteiger partial charge < -0.3 is 30.7 Å². The predicted molar refractivity (Wildman–Crippen MR) is 170 cm³/mol. The van der Waals surface area contributed by atoms with Gasteiger partial charge in [0.05, 0.1) is 18.4 Å². The number of fused-ring (bicyclic) bond motifs is 1. The molecule has 12 heteroatoms. The number of aliphatic hydroxyl groups is 1. The van der Waals surface area contributed by atoms with E-state index in [9.17, 15) is 19.5 Å². The topological polar surface area (TPSA) is 136 Å². The molecule has 1 unspecified atom stereocenters. The molecule has 3 aromatic rings. The number of aryl methyl sites for hydroxylation is 1. The van der Waals surface area contributed by atoms with Crippen LogP contribution in [0.3, 0.4) is 0 Å². The monoisotopic (exact) mass is 628 g/mol. The van der Waals surface area contributed by atoms with E-state index in [4.69, 9.17) is 9.72 Å². The van der Waals surface area contributed by atoms with Crippen LogP contribution in [0.1, 0.15) is 42.0 Å². The van der Waals surface area contributed by atoms with Gasteiger partial charge in [-0.3, -0.25) is 14.5 Å². The molecule has 2 aliphatic heterocycles. The maximum Gasteiger partial charge on any atom is 0.325 e. The number of benzene rings is 2. The number of carbonyl (C=O) groups is 3. The van der Waals surface area contributed by atoms with Crippen molar-refractivity contribution in [3.63, 3.8) is 0 Å². The number of nitrogens with zero attached hydrogens (tertiary/aromatic N) is 3. The van der Waals surface area contributed by atoms with Crippen LogP contribution in [0.4, 0.5) is 14.9 Å². The summed E-state index contributed by atoms with van der Waals surface area (Å²) in [6.07, 6.45) is 2.88. The number of hydrogen-bond donors (Lipinski definition) is 4. The lowest BCUT2D eigenvalue weighted by atomic mass is 9.95. The first kappa shape index (κ1) is 31.2. The Labute approximate surface area is 266 Å². The Morgan fingerprint density at radius 1 is 1.11 bits per heavy atom. The maximum atomic E-state index is 16.4. The van der Waals surface area contributed by atoms with Crippen molar-refractivity contribution < 1.29 is 28.6 Å². The summed E-state index contributed by atoms with van der Waals surface area (Å²) in [5.74, 6) is -0.514. The van der Waals surface area contributed by atoms with Gasteiger partial charge in [-0.25, -0.2) is 14.2 Å². The molecule has 240 valence electrons. The second kappa shape index (κ2) is 12.5. The molecule has 46 heavy (non-hydrogen) atoms. The molecule has 4 amide bonds. The molecule has 1 fully saturated rings. The lowest BCUT2D eigenvalue weighted by Gasteiger charge is -2.33. The standard InChI is InChI=1S/C34H37FN6O5/c1-18-21(7-6-10-25(18)38-31(43)24-17-40(2)34(45)41(3)33(24)44)22-8-5-9-23(30(22)35)27-15-19-11-13-26(29(19)32(39-27)46-4)36-16-20-12-14-28(42)37-20/h5-10,15,17,20,26,33,36,44H,11-14,16H2,1-4H3,(H,37,42)(H,38,43)/t20-,26+,33?/m0/s1. The molecule has 3 heterocycles. The largest absolute Gasteiger partial charge is 0.481 e. The summed E-state index contributed by atoms with van der Waals surface area (Å²) in [7, 11) is 4.47. The predicted octanol–water partition coefficient (Wildman–Crippen LogP) is 3.87. The Morgan fingerprint density at radius 2 is 1.85 bits per heavy atom. The fourth-order valence-corrected chi connectivity index (χ4v) is 6.48. The first-order valence-corrected chi connectivity index (χ1v) is 15.3. The van der Waals surface area contributed by atoms with Crippen LogP contribution in [0, 0.1) is 12.7 Å². The van der Waals surface area contributed by atoms with Crippen molar-refractivity contribution in [2.75, 3.05) is 33.1 Å². The zero-order chi connectivity index (χ0) is 32.7. The lowest BCUT2D eigenvalue weighted by molar-refractivity contribution is -0.119. The molecule has 0 radical (unpaired) electrons. The molecule has 3 aliphatic rings. The van der Waals surface area contributed by atoms with Crippen molar-refractivity contribution in [3.8, 4) is 28.3 Å². The Bertz CT molecular complexity index is 1760. The fourth-order valence-electron chi connectivity index (χ4n) is 6.48. The molecule has 2 aromatic carbocycles. The number of anilines is 1. The van der Waals surface area contributed by atoms with Gasteiger partial charge in [-0.05, 0) is 61.1 Å². The van der Waals surface area contributed by atoms with Crippen LogP contribution >= 0.6 is 0 Å². The summed E-state index contributed by atoms with van der Waals surface area (Å²) >= 11 is 0. The number of pyridine rings is 1. The highest BCUT2D eigenvalue weighted by Crippen LogP contribution is 2.41. The van der Waals surface area contributed by atoms with Crippen LogP contribution in [-0.4, -0.2) is 77.8 Å². The molecular weight excluding hydrogens is 591 g/mol. The lowest BCUT2D eigenvalue weighted by Crippen LogP contribution is -2.49. The van der Waals surface area contributed by atoms with E-state index in [0.29, 0.717) is 52.5 Å². The van der Waals surface area contributed by atoms with Crippen LogP contribution < -0.4 is 20.7 Å². The molecule has 1 saturated heterocycles. The SMILES string of the molecule is COc1nc(-c2cccc(-c3cccc(NC(=O)C4=CN(C)C(=O)N(C)C4O)c3C)c2F)cc2c1[C@H](NC[C@@H]1CCC(=O)N1)CC2. The number of nitrogens with one attached hydrogen (secondary N) is 3. The van der Waals surface area contributed by atoms with E-state index in [0.717, 1.165) is 35.3 Å². The number of amides is 4. The molecule has 0 bridgehead atoms. The minimum absolute atomic E-state index is 0.00181. The number of likely N-dealkylation sites (N-methyl/N-ethyl adjacent to an activating group) is 1. The fraction of sp³-hybridized carbons (Fsp3) is 0.353. The van der Waals surface area contributed by atoms with Crippen LogP contribution in [0.2, 0.25) is 0 Å². The van der Waals surface area contributed by atoms with Crippen LogP contribution in [0.5, 0.6) is 5.88 Å². The Kier molecular flexibility index (Phi) is 8.49. The van der Waals surface area contributed by atoms with Crippen molar-refractivity contribution in [2.45, 2.75) is 50.9 Å². The number of methoxy groups -OCH3 is 1. The number of halogens is 1. The zero-order valence-electron chi connectivity index (χ0n) is 26.2. The van der Waals surface area contributed by atoms with Crippen molar-refractivity contribution in [3.05, 3.63) is 76.7 Å². The quantitative estimate of drug-likeness (QED) is 0.298. The Morgan fingerprint density at radius 3 is 2.59 bits per heavy atom. The van der Waals surface area contributed by atoms with E-state index in [1.165, 1.54) is 25.2 Å². The van der Waals surface area contributed by atoms with E-state index in [2.05, 4.69) is 16.0 Å². The van der Waals surface area contributed by atoms with Crippen LogP contribution in [-0.2, 0) is 16.0 Å². The third-order valence-electron chi connectivity index (χ3n) is 9.04. The number of ether oxygens (including phenoxy) is 1. The molecule has 0 saturated carbocycles. The van der Waals surface area contributed by atoms with Gasteiger partial charge in [0.1, 0.15) is 5.82 Å². The third-order valence-corrected chi connectivity index (χ3v) is 9.04. The average Bonchev–Trinajstić information content (AvgIpc) is 3.66. The van der Waals surface area contributed by atoms with Gasteiger partial charge in [-0.2, -0.15) is 0 Å². The highest BCUT2D eigenvalue weighted by molar-refractivity contribution is 6.06. The van der Waals surface area contributed by atoms with Gasteiger partial charge in [0.2, 0.25) is 11.8 Å². The van der Waals surface area contributed by atoms with Crippen LogP contribution in [0.25, 0.3) is 22.4 Å². The minimum Gasteiger partial charge on any atom is -0.481 e. The second-order valence-corrected chi connectivity index (χ2v) is 12.0. The summed E-state index contributed by atoms with van der Waals surface area (Å²) < 4.78 is 22.1. The smallest absolute Gasteiger partial charge is 0.325 e. The number of aromatic nitrogens is 1. The van der Waals surface area contributed by atoms with Crippen molar-refractivity contribution in [1.82, 2.24) is 25.4 Å². The van der Waals surface area contributed by atoms with Gasteiger partial charge in [0, 0.05) is 67.7 Å². The molecule has 0 spiro atoms. The van der Waals surface area contributed by atoms with Crippen molar-refractivity contribution >= 4 is 23.5 Å². The third kappa shape index (κ3) is 5.69. The average molecular weight is 629 g/mol. The summed E-state index contributed by atoms with van der Waals surface area (Å²) in [4.78, 5) is 43.9. The molecule has 6 rings (SSSR count). The molecule has 3 atom stereocenters. The van der Waals surface area contributed by atoms with Gasteiger partial charge in [-0.15, -0.1) is 0 Å². The Balaban J connectivity index is 1.27. The molecular formula is C34H37FN6O5. The van der Waals surface area contributed by atoms with E-state index < -0.39 is 24.0 Å². The number of carbonyl (C=O) groups excluding carboxylic acids is 3. The zero-order valence-corrected chi connectivity index (χ0v) is 26.2. The first-order valence-electron chi connectivity index (χ1n) is 15.3. The van der Waals surface area contributed by atoms with Gasteiger partial charge in [0.15, 0.2) is 6.23 Å². The number of rotatable bonds is 8. The van der Waals surface area contributed by atoms with E-state index in [1.807, 2.05) is 6.07 Å². The minimum atomic E-state index is -1.40. The Hall–Kier alpha value is -4.81. The normalized spacial score (nSPS) is 20.8. The van der Waals surface area contributed by atoms with Gasteiger partial charge >= 0.3 is 6.03 Å². The highest BCUT2D eigenvalue weighted by atomic mass is 19.1. The molecule has 4 N–H and O–H groups in total. The summed E-state index contributed by atoms with van der Waals surface area (Å²) in [5.41, 5.74) is 4.78. The number of hydrogen-bond acceptors (Lipinski definition) is 7. The van der Waals surface area contributed by atoms with E-state index >= 15 is 4.39 Å². The molecule has 1 aromatic heterocycles.